The highest BCUT2D eigenvalue weighted by atomic mass is 19.1. The van der Waals surface area contributed by atoms with E-state index in [1.165, 1.54) is 36.9 Å². The molecule has 4 heterocycles. The number of hydrogen-bond acceptors (Lipinski definition) is 10. The minimum Gasteiger partial charge on any atom is -0.495 e. The molecular weight excluding hydrogens is 850 g/mol. The standard InChI is InChI=1S/C53H56FN7O6/c1-66-48-30-38(47(21-26-55)67-44-16-14-41(15-17-44)57-52(65)53(24-25-53)51(64)56-40-12-10-39(54)11-13-40)9-19-46(48)59-28-22-36(23-29-59)32-61-34-42-31-43(61)33-60(42)27-3-2-4-35-5-7-37(8-6-35)45-18-20-49(62)58-50(45)63/h5-17,19,21,26,30,36,42-43,45,55H,3,18,20,22-25,27-29,31-34H2,1H3,(H,56,64)(H,57,65)(H,58,62,63)/b47-21+,55-26?/t42-,43-,45?/m0/s1. The van der Waals surface area contributed by atoms with Gasteiger partial charge in [-0.15, -0.1) is 0 Å². The molecule has 0 radical (unpaired) electrons. The molecular formula is C53H56FN7O6. The molecule has 2 bridgehead atoms. The fraction of sp³-hybridized carbons (Fsp3) is 0.377. The van der Waals surface area contributed by atoms with E-state index in [1.54, 1.807) is 37.5 Å². The fourth-order valence-electron chi connectivity index (χ4n) is 10.00. The lowest BCUT2D eigenvalue weighted by Gasteiger charge is -2.39. The van der Waals surface area contributed by atoms with Gasteiger partial charge in [0.15, 0.2) is 0 Å². The van der Waals surface area contributed by atoms with Gasteiger partial charge in [-0.3, -0.25) is 34.3 Å². The van der Waals surface area contributed by atoms with Crippen molar-refractivity contribution < 1.29 is 33.0 Å². The van der Waals surface area contributed by atoms with Crippen LogP contribution in [0.2, 0.25) is 0 Å². The van der Waals surface area contributed by atoms with Crippen LogP contribution in [-0.2, 0) is 19.2 Å². The van der Waals surface area contributed by atoms with Crippen molar-refractivity contribution in [2.45, 2.75) is 69.4 Å². The van der Waals surface area contributed by atoms with E-state index < -0.39 is 23.0 Å². The van der Waals surface area contributed by atoms with Crippen LogP contribution in [0.15, 0.2) is 97.1 Å². The Morgan fingerprint density at radius 1 is 0.881 bits per heavy atom. The Morgan fingerprint density at radius 2 is 1.55 bits per heavy atom. The van der Waals surface area contributed by atoms with Crippen molar-refractivity contribution in [2.24, 2.45) is 11.3 Å². The minimum absolute atomic E-state index is 0.199. The highest BCUT2D eigenvalue weighted by Crippen LogP contribution is 2.48. The summed E-state index contributed by atoms with van der Waals surface area (Å²) in [6, 6.07) is 27.3. The van der Waals surface area contributed by atoms with Gasteiger partial charge >= 0.3 is 0 Å². The number of methoxy groups -OCH3 is 1. The number of amides is 4. The van der Waals surface area contributed by atoms with Gasteiger partial charge in [-0.25, -0.2) is 4.39 Å². The molecule has 5 aliphatic rings. The van der Waals surface area contributed by atoms with Crippen molar-refractivity contribution in [1.29, 1.82) is 5.41 Å². The van der Waals surface area contributed by atoms with Crippen LogP contribution in [0.3, 0.4) is 0 Å². The van der Waals surface area contributed by atoms with E-state index in [4.69, 9.17) is 14.9 Å². The monoisotopic (exact) mass is 905 g/mol. The molecule has 346 valence electrons. The lowest BCUT2D eigenvalue weighted by molar-refractivity contribution is -0.134. The molecule has 0 spiro atoms. The fourth-order valence-corrected chi connectivity index (χ4v) is 10.00. The number of piperidine rings is 2. The van der Waals surface area contributed by atoms with Crippen molar-refractivity contribution in [3.63, 3.8) is 0 Å². The summed E-state index contributed by atoms with van der Waals surface area (Å²) in [4.78, 5) is 57.7. The maximum absolute atomic E-state index is 13.3. The third kappa shape index (κ3) is 10.4. The predicted molar refractivity (Wildman–Crippen MR) is 255 cm³/mol. The van der Waals surface area contributed by atoms with Crippen LogP contribution in [0.25, 0.3) is 5.76 Å². The van der Waals surface area contributed by atoms with Crippen molar-refractivity contribution in [2.75, 3.05) is 61.9 Å². The normalized spacial score (nSPS) is 21.5. The number of benzene rings is 4. The zero-order valence-electron chi connectivity index (χ0n) is 37.7. The van der Waals surface area contributed by atoms with Gasteiger partial charge in [0.1, 0.15) is 28.5 Å². The predicted octanol–water partition coefficient (Wildman–Crippen LogP) is 7.20. The van der Waals surface area contributed by atoms with Crippen molar-refractivity contribution >= 4 is 52.7 Å². The molecule has 1 aliphatic carbocycles. The van der Waals surface area contributed by atoms with Gasteiger partial charge in [0.2, 0.25) is 23.6 Å². The quantitative estimate of drug-likeness (QED) is 0.0319. The first kappa shape index (κ1) is 45.3. The summed E-state index contributed by atoms with van der Waals surface area (Å²) in [5.41, 5.74) is 3.40. The molecule has 0 aromatic heterocycles. The number of anilines is 3. The summed E-state index contributed by atoms with van der Waals surface area (Å²) in [6.45, 7) is 6.20. The van der Waals surface area contributed by atoms with E-state index in [-0.39, 0.29) is 17.7 Å². The summed E-state index contributed by atoms with van der Waals surface area (Å²) in [5, 5.41) is 15.8. The molecule has 4 aliphatic heterocycles. The summed E-state index contributed by atoms with van der Waals surface area (Å²) in [7, 11) is 1.67. The number of halogens is 1. The van der Waals surface area contributed by atoms with Gasteiger partial charge in [-0.2, -0.15) is 0 Å². The van der Waals surface area contributed by atoms with E-state index in [0.717, 1.165) is 86.7 Å². The number of nitrogens with one attached hydrogen (secondary N) is 4. The highest BCUT2D eigenvalue weighted by molar-refractivity contribution is 6.17. The van der Waals surface area contributed by atoms with Crippen molar-refractivity contribution in [1.82, 2.24) is 15.1 Å². The molecule has 1 saturated carbocycles. The molecule has 4 saturated heterocycles. The molecule has 13 nitrogen and oxygen atoms in total. The van der Waals surface area contributed by atoms with Gasteiger partial charge < -0.3 is 30.4 Å². The zero-order valence-corrected chi connectivity index (χ0v) is 37.7. The summed E-state index contributed by atoms with van der Waals surface area (Å²) in [5.74, 6) is 7.06. The van der Waals surface area contributed by atoms with Gasteiger partial charge in [-0.1, -0.05) is 24.0 Å². The molecule has 14 heteroatoms. The summed E-state index contributed by atoms with van der Waals surface area (Å²) < 4.78 is 25.5. The largest absolute Gasteiger partial charge is 0.495 e. The van der Waals surface area contributed by atoms with E-state index >= 15 is 0 Å². The molecule has 9 rings (SSSR count). The Morgan fingerprint density at radius 3 is 2.18 bits per heavy atom. The number of allylic oxidation sites excluding steroid dienone is 1. The van der Waals surface area contributed by atoms with Crippen LogP contribution in [-0.4, -0.2) is 98.1 Å². The topological polar surface area (TPSA) is 156 Å². The van der Waals surface area contributed by atoms with E-state index in [9.17, 15) is 23.6 Å². The zero-order chi connectivity index (χ0) is 46.5. The van der Waals surface area contributed by atoms with Gasteiger partial charge in [-0.05, 0) is 135 Å². The first-order valence-electron chi connectivity index (χ1n) is 23.3. The molecule has 4 amide bonds. The number of hydrogen-bond donors (Lipinski definition) is 4. The van der Waals surface area contributed by atoms with Crippen LogP contribution >= 0.6 is 0 Å². The Bertz CT molecular complexity index is 2590. The lowest BCUT2D eigenvalue weighted by atomic mass is 9.90. The molecule has 1 unspecified atom stereocenters. The Labute approximate surface area is 390 Å². The third-order valence-electron chi connectivity index (χ3n) is 14.0. The molecule has 3 atom stereocenters. The number of fused-ring (bicyclic) bond motifs is 2. The van der Waals surface area contributed by atoms with E-state index in [2.05, 4.69) is 48.6 Å². The number of carbonyl (C=O) groups excluding carboxylic acids is 4. The second-order valence-electron chi connectivity index (χ2n) is 18.3. The van der Waals surface area contributed by atoms with E-state index in [1.807, 2.05) is 36.4 Å². The van der Waals surface area contributed by atoms with Crippen LogP contribution in [0.4, 0.5) is 21.5 Å². The maximum atomic E-state index is 13.3. The number of ether oxygens (including phenoxy) is 2. The van der Waals surface area contributed by atoms with Gasteiger partial charge in [0, 0.05) is 92.9 Å². The Hall–Kier alpha value is -6.82. The number of nitrogens with zero attached hydrogens (tertiary/aromatic N) is 3. The Kier molecular flexibility index (Phi) is 13.5. The Balaban J connectivity index is 0.718. The summed E-state index contributed by atoms with van der Waals surface area (Å²) in [6.07, 6.45) is 8.78. The average Bonchev–Trinajstić information content (AvgIpc) is 3.95. The van der Waals surface area contributed by atoms with Crippen molar-refractivity contribution in [3.8, 4) is 23.3 Å². The van der Waals surface area contributed by atoms with Crippen LogP contribution < -0.4 is 30.3 Å². The van der Waals surface area contributed by atoms with Crippen LogP contribution in [0.1, 0.15) is 74.0 Å². The smallest absolute Gasteiger partial charge is 0.240 e. The SMILES string of the molecule is COc1cc(/C(=C\C=N)Oc2ccc(NC(=O)C3(C(=O)Nc4ccc(F)cc4)CC3)cc2)ccc1N1CCC(CN2C[C@@H]3C[C@H]2CN3CCC#Cc2ccc(C3CCC(=O)NC3=O)cc2)CC1. The third-order valence-corrected chi connectivity index (χ3v) is 14.0. The molecule has 67 heavy (non-hydrogen) atoms. The van der Waals surface area contributed by atoms with Gasteiger partial charge in [0.05, 0.1) is 18.7 Å². The molecule has 4 N–H and O–H groups in total. The number of likely N-dealkylation sites (tertiary alicyclic amines) is 2. The number of imide groups is 1. The van der Waals surface area contributed by atoms with Crippen LogP contribution in [0, 0.1) is 34.4 Å². The number of piperazine rings is 1. The summed E-state index contributed by atoms with van der Waals surface area (Å²) >= 11 is 0. The first-order chi connectivity index (χ1) is 32.6. The second-order valence-corrected chi connectivity index (χ2v) is 18.3. The van der Waals surface area contributed by atoms with Crippen molar-refractivity contribution in [3.05, 3.63) is 120 Å². The van der Waals surface area contributed by atoms with E-state index in [0.29, 0.717) is 66.6 Å². The highest BCUT2D eigenvalue weighted by Gasteiger charge is 2.56. The molecule has 4 aromatic rings. The average molecular weight is 906 g/mol. The number of rotatable bonds is 15. The van der Waals surface area contributed by atoms with Crippen LogP contribution in [0.5, 0.6) is 11.5 Å². The first-order valence-corrected chi connectivity index (χ1v) is 23.3. The maximum Gasteiger partial charge on any atom is 0.240 e. The van der Waals surface area contributed by atoms with Gasteiger partial charge in [0.25, 0.3) is 0 Å². The second kappa shape index (κ2) is 20.0. The lowest BCUT2D eigenvalue weighted by Crippen LogP contribution is -2.49. The minimum atomic E-state index is -1.18. The molecule has 5 fully saturated rings. The number of carbonyl (C=O) groups is 4. The molecule has 4 aromatic carbocycles.